The molecule has 0 unspecified atom stereocenters. The minimum absolute atomic E-state index is 0.120. The molecule has 0 fully saturated rings. The third-order valence-corrected chi connectivity index (χ3v) is 2.08. The molecule has 0 saturated heterocycles. The van der Waals surface area contributed by atoms with E-state index in [1.165, 1.54) is 0 Å². The average Bonchev–Trinajstić information content (AvgIpc) is 2.32. The predicted octanol–water partition coefficient (Wildman–Crippen LogP) is 2.19. The standard InChI is InChI=1S/C15H21NO2/c1-15(2,3)18-12-11-17-14-8-6-13(7-9-14)5-4-10-16/h6-9H,10-12,16H2,1-3H3. The third kappa shape index (κ3) is 6.29. The van der Waals surface area contributed by atoms with Gasteiger partial charge in [0.2, 0.25) is 0 Å². The van der Waals surface area contributed by atoms with E-state index in [9.17, 15) is 0 Å². The van der Waals surface area contributed by atoms with Crippen molar-refractivity contribution in [2.24, 2.45) is 5.73 Å². The highest BCUT2D eigenvalue weighted by atomic mass is 16.5. The summed E-state index contributed by atoms with van der Waals surface area (Å²) in [5.41, 5.74) is 6.13. The Labute approximate surface area is 109 Å². The predicted molar refractivity (Wildman–Crippen MR) is 73.6 cm³/mol. The van der Waals surface area contributed by atoms with E-state index in [0.717, 1.165) is 11.3 Å². The lowest BCUT2D eigenvalue weighted by molar-refractivity contribution is -0.0163. The highest BCUT2D eigenvalue weighted by Crippen LogP contribution is 2.12. The number of hydrogen-bond donors (Lipinski definition) is 1. The van der Waals surface area contributed by atoms with E-state index in [1.807, 2.05) is 45.0 Å². The van der Waals surface area contributed by atoms with Gasteiger partial charge in [-0.25, -0.2) is 0 Å². The minimum Gasteiger partial charge on any atom is -0.491 e. The Kier molecular flexibility index (Phi) is 5.70. The van der Waals surface area contributed by atoms with Crippen LogP contribution in [0.3, 0.4) is 0 Å². The van der Waals surface area contributed by atoms with Gasteiger partial charge in [0.15, 0.2) is 0 Å². The van der Waals surface area contributed by atoms with Gasteiger partial charge in [0, 0.05) is 5.56 Å². The second-order valence-electron chi connectivity index (χ2n) is 4.84. The van der Waals surface area contributed by atoms with E-state index in [0.29, 0.717) is 19.8 Å². The van der Waals surface area contributed by atoms with Gasteiger partial charge in [-0.05, 0) is 45.0 Å². The fourth-order valence-electron chi connectivity index (χ4n) is 1.29. The van der Waals surface area contributed by atoms with Crippen LogP contribution >= 0.6 is 0 Å². The van der Waals surface area contributed by atoms with Crippen LogP contribution in [0.15, 0.2) is 24.3 Å². The summed E-state index contributed by atoms with van der Waals surface area (Å²) in [6, 6.07) is 7.64. The summed E-state index contributed by atoms with van der Waals surface area (Å²) in [4.78, 5) is 0. The molecular formula is C15H21NO2. The van der Waals surface area contributed by atoms with E-state index in [2.05, 4.69) is 11.8 Å². The van der Waals surface area contributed by atoms with Crippen LogP contribution < -0.4 is 10.5 Å². The van der Waals surface area contributed by atoms with Gasteiger partial charge in [0.05, 0.1) is 18.8 Å². The van der Waals surface area contributed by atoms with Gasteiger partial charge < -0.3 is 15.2 Å². The summed E-state index contributed by atoms with van der Waals surface area (Å²) in [5.74, 6) is 6.60. The molecule has 2 N–H and O–H groups in total. The van der Waals surface area contributed by atoms with Crippen molar-refractivity contribution in [1.29, 1.82) is 0 Å². The maximum atomic E-state index is 5.57. The first-order valence-electron chi connectivity index (χ1n) is 6.07. The molecule has 1 aromatic rings. The van der Waals surface area contributed by atoms with Gasteiger partial charge in [0.1, 0.15) is 12.4 Å². The smallest absolute Gasteiger partial charge is 0.119 e. The molecular weight excluding hydrogens is 226 g/mol. The minimum atomic E-state index is -0.120. The maximum Gasteiger partial charge on any atom is 0.119 e. The Balaban J connectivity index is 2.35. The molecule has 3 nitrogen and oxygen atoms in total. The SMILES string of the molecule is CC(C)(C)OCCOc1ccc(C#CCN)cc1. The van der Waals surface area contributed by atoms with Crippen molar-refractivity contribution in [3.63, 3.8) is 0 Å². The molecule has 0 bridgehead atoms. The second-order valence-corrected chi connectivity index (χ2v) is 4.84. The molecule has 0 atom stereocenters. The third-order valence-electron chi connectivity index (χ3n) is 2.08. The first kappa shape index (κ1) is 14.6. The van der Waals surface area contributed by atoms with Crippen molar-refractivity contribution in [3.05, 3.63) is 29.8 Å². The summed E-state index contributed by atoms with van der Waals surface area (Å²) in [5, 5.41) is 0. The number of benzene rings is 1. The quantitative estimate of drug-likeness (QED) is 0.655. The van der Waals surface area contributed by atoms with Crippen LogP contribution in [-0.2, 0) is 4.74 Å². The number of hydrogen-bond acceptors (Lipinski definition) is 3. The lowest BCUT2D eigenvalue weighted by Crippen LogP contribution is -2.22. The number of rotatable bonds is 4. The molecule has 0 radical (unpaired) electrons. The van der Waals surface area contributed by atoms with Gasteiger partial charge in [-0.2, -0.15) is 0 Å². The summed E-state index contributed by atoms with van der Waals surface area (Å²) >= 11 is 0. The van der Waals surface area contributed by atoms with Crippen molar-refractivity contribution in [2.75, 3.05) is 19.8 Å². The summed E-state index contributed by atoms with van der Waals surface area (Å²) in [6.45, 7) is 7.58. The zero-order valence-electron chi connectivity index (χ0n) is 11.3. The molecule has 0 saturated carbocycles. The van der Waals surface area contributed by atoms with Crippen molar-refractivity contribution in [1.82, 2.24) is 0 Å². The number of nitrogens with two attached hydrogens (primary N) is 1. The van der Waals surface area contributed by atoms with E-state index in [1.54, 1.807) is 0 Å². The lowest BCUT2D eigenvalue weighted by atomic mass is 10.2. The Morgan fingerprint density at radius 3 is 2.33 bits per heavy atom. The van der Waals surface area contributed by atoms with Crippen LogP contribution in [-0.4, -0.2) is 25.4 Å². The summed E-state index contributed by atoms with van der Waals surface area (Å²) in [6.07, 6.45) is 0. The van der Waals surface area contributed by atoms with Gasteiger partial charge in [-0.15, -0.1) is 0 Å². The molecule has 0 heterocycles. The Bertz CT molecular complexity index is 407. The van der Waals surface area contributed by atoms with Crippen molar-refractivity contribution in [3.8, 4) is 17.6 Å². The van der Waals surface area contributed by atoms with Crippen LogP contribution in [0.5, 0.6) is 5.75 Å². The van der Waals surface area contributed by atoms with Crippen molar-refractivity contribution < 1.29 is 9.47 Å². The molecule has 18 heavy (non-hydrogen) atoms. The number of ether oxygens (including phenoxy) is 2. The Hall–Kier alpha value is -1.50. The molecule has 0 spiro atoms. The van der Waals surface area contributed by atoms with E-state index in [-0.39, 0.29) is 5.60 Å². The summed E-state index contributed by atoms with van der Waals surface area (Å²) < 4.78 is 11.1. The molecule has 0 aromatic heterocycles. The van der Waals surface area contributed by atoms with E-state index < -0.39 is 0 Å². The maximum absolute atomic E-state index is 5.57. The van der Waals surface area contributed by atoms with E-state index in [4.69, 9.17) is 15.2 Å². The van der Waals surface area contributed by atoms with Gasteiger partial charge in [-0.1, -0.05) is 11.8 Å². The van der Waals surface area contributed by atoms with Gasteiger partial charge >= 0.3 is 0 Å². The van der Waals surface area contributed by atoms with E-state index >= 15 is 0 Å². The monoisotopic (exact) mass is 247 g/mol. The van der Waals surface area contributed by atoms with Gasteiger partial charge in [0.25, 0.3) is 0 Å². The average molecular weight is 247 g/mol. The molecule has 3 heteroatoms. The van der Waals surface area contributed by atoms with Crippen LogP contribution in [0.25, 0.3) is 0 Å². The Morgan fingerprint density at radius 1 is 1.11 bits per heavy atom. The molecule has 0 aliphatic heterocycles. The van der Waals surface area contributed by atoms with Crippen LogP contribution in [0, 0.1) is 11.8 Å². The van der Waals surface area contributed by atoms with Crippen molar-refractivity contribution >= 4 is 0 Å². The first-order valence-corrected chi connectivity index (χ1v) is 6.07. The van der Waals surface area contributed by atoms with Crippen LogP contribution in [0.2, 0.25) is 0 Å². The highest BCUT2D eigenvalue weighted by molar-refractivity contribution is 5.38. The second kappa shape index (κ2) is 7.05. The van der Waals surface area contributed by atoms with Crippen LogP contribution in [0.1, 0.15) is 26.3 Å². The fraction of sp³-hybridized carbons (Fsp3) is 0.467. The molecule has 1 aromatic carbocycles. The molecule has 98 valence electrons. The zero-order valence-corrected chi connectivity index (χ0v) is 11.3. The van der Waals surface area contributed by atoms with Gasteiger partial charge in [-0.3, -0.25) is 0 Å². The molecule has 1 rings (SSSR count). The summed E-state index contributed by atoms with van der Waals surface area (Å²) in [7, 11) is 0. The fourth-order valence-corrected chi connectivity index (χ4v) is 1.29. The zero-order chi connectivity index (χ0) is 13.4. The molecule has 0 aliphatic rings. The Morgan fingerprint density at radius 2 is 1.78 bits per heavy atom. The topological polar surface area (TPSA) is 44.5 Å². The molecule has 0 amide bonds. The van der Waals surface area contributed by atoms with Crippen LogP contribution in [0.4, 0.5) is 0 Å². The first-order chi connectivity index (χ1) is 8.51. The highest BCUT2D eigenvalue weighted by Gasteiger charge is 2.09. The molecule has 0 aliphatic carbocycles. The lowest BCUT2D eigenvalue weighted by Gasteiger charge is -2.19. The largest absolute Gasteiger partial charge is 0.491 e. The normalized spacial score (nSPS) is 10.7. The van der Waals surface area contributed by atoms with Crippen molar-refractivity contribution in [2.45, 2.75) is 26.4 Å².